The van der Waals surface area contributed by atoms with E-state index < -0.39 is 12.0 Å². The molecule has 0 aliphatic carbocycles. The lowest BCUT2D eigenvalue weighted by atomic mass is 10.0. The number of thioether (sulfide) groups is 1. The molecule has 3 N–H and O–H groups in total. The number of fused-ring (bicyclic) bond motifs is 1. The summed E-state index contributed by atoms with van der Waals surface area (Å²) in [4.78, 5) is 26.2. The molecule has 1 aromatic heterocycles. The number of carboxylic acid groups (broad SMARTS) is 1. The van der Waals surface area contributed by atoms with Gasteiger partial charge in [-0.15, -0.1) is 0 Å². The molecule has 112 valence electrons. The van der Waals surface area contributed by atoms with Crippen LogP contribution < -0.4 is 5.32 Å². The first-order chi connectivity index (χ1) is 10.1. The number of H-pyrrole nitrogens is 1. The Labute approximate surface area is 127 Å². The Morgan fingerprint density at radius 2 is 2.14 bits per heavy atom. The second-order valence-corrected chi connectivity index (χ2v) is 5.75. The summed E-state index contributed by atoms with van der Waals surface area (Å²) < 4.78 is 0. The summed E-state index contributed by atoms with van der Waals surface area (Å²) in [5.74, 6) is -0.556. The molecule has 0 fully saturated rings. The SMILES string of the molecule is CSCCC(=O)NC(Cc1c[nH]c2ccccc12)C(=O)O. The first-order valence-electron chi connectivity index (χ1n) is 6.68. The van der Waals surface area contributed by atoms with Crippen molar-refractivity contribution in [1.29, 1.82) is 0 Å². The number of hydrogen-bond acceptors (Lipinski definition) is 3. The standard InChI is InChI=1S/C15H18N2O3S/c1-21-7-6-14(18)17-13(15(19)20)8-10-9-16-12-5-3-2-4-11(10)12/h2-5,9,13,16H,6-8H2,1H3,(H,17,18)(H,19,20). The molecule has 21 heavy (non-hydrogen) atoms. The van der Waals surface area contributed by atoms with E-state index in [-0.39, 0.29) is 12.3 Å². The predicted molar refractivity (Wildman–Crippen MR) is 84.6 cm³/mol. The molecule has 2 rings (SSSR count). The molecule has 6 heteroatoms. The molecule has 0 bridgehead atoms. The van der Waals surface area contributed by atoms with Gasteiger partial charge in [0.2, 0.25) is 5.91 Å². The van der Waals surface area contributed by atoms with Gasteiger partial charge >= 0.3 is 5.97 Å². The van der Waals surface area contributed by atoms with Crippen LogP contribution in [0.4, 0.5) is 0 Å². The second-order valence-electron chi connectivity index (χ2n) is 4.76. The third kappa shape index (κ3) is 4.01. The molecule has 1 unspecified atom stereocenters. The van der Waals surface area contributed by atoms with Crippen molar-refractivity contribution in [1.82, 2.24) is 10.3 Å². The molecule has 1 aromatic carbocycles. The summed E-state index contributed by atoms with van der Waals surface area (Å²) in [6, 6.07) is 6.80. The van der Waals surface area contributed by atoms with E-state index in [1.165, 1.54) is 0 Å². The lowest BCUT2D eigenvalue weighted by Crippen LogP contribution is -2.42. The Morgan fingerprint density at radius 3 is 2.86 bits per heavy atom. The van der Waals surface area contributed by atoms with Gasteiger partial charge in [0.15, 0.2) is 0 Å². The number of nitrogens with one attached hydrogen (secondary N) is 2. The number of carboxylic acids is 1. The number of aliphatic carboxylic acids is 1. The minimum Gasteiger partial charge on any atom is -0.480 e. The van der Waals surface area contributed by atoms with Crippen molar-refractivity contribution in [3.8, 4) is 0 Å². The normalized spacial score (nSPS) is 12.2. The zero-order valence-electron chi connectivity index (χ0n) is 11.8. The lowest BCUT2D eigenvalue weighted by molar-refractivity contribution is -0.141. The lowest BCUT2D eigenvalue weighted by Gasteiger charge is -2.14. The zero-order chi connectivity index (χ0) is 15.2. The second kappa shape index (κ2) is 7.17. The zero-order valence-corrected chi connectivity index (χ0v) is 12.6. The van der Waals surface area contributed by atoms with Gasteiger partial charge in [-0.25, -0.2) is 4.79 Å². The van der Waals surface area contributed by atoms with E-state index in [0.717, 1.165) is 16.5 Å². The number of hydrogen-bond donors (Lipinski definition) is 3. The Hall–Kier alpha value is -1.95. The van der Waals surface area contributed by atoms with E-state index in [2.05, 4.69) is 10.3 Å². The summed E-state index contributed by atoms with van der Waals surface area (Å²) in [5.41, 5.74) is 1.86. The molecule has 1 amide bonds. The van der Waals surface area contributed by atoms with Crippen LogP contribution in [0.25, 0.3) is 10.9 Å². The highest BCUT2D eigenvalue weighted by Crippen LogP contribution is 2.19. The largest absolute Gasteiger partial charge is 0.480 e. The van der Waals surface area contributed by atoms with Crippen molar-refractivity contribution in [2.75, 3.05) is 12.0 Å². The Balaban J connectivity index is 2.09. The predicted octanol–water partition coefficient (Wildman–Crippen LogP) is 2.03. The van der Waals surface area contributed by atoms with Crippen LogP contribution in [-0.2, 0) is 16.0 Å². The number of para-hydroxylation sites is 1. The molecule has 0 aliphatic rings. The van der Waals surface area contributed by atoms with Gasteiger partial charge in [0.25, 0.3) is 0 Å². The summed E-state index contributed by atoms with van der Waals surface area (Å²) in [7, 11) is 0. The molecular weight excluding hydrogens is 288 g/mol. The van der Waals surface area contributed by atoms with Crippen LogP contribution in [0.1, 0.15) is 12.0 Å². The maximum Gasteiger partial charge on any atom is 0.326 e. The van der Waals surface area contributed by atoms with Gasteiger partial charge in [-0.2, -0.15) is 11.8 Å². The molecule has 0 radical (unpaired) electrons. The highest BCUT2D eigenvalue weighted by atomic mass is 32.2. The van der Waals surface area contributed by atoms with E-state index in [1.807, 2.05) is 30.5 Å². The maximum atomic E-state index is 11.7. The molecule has 1 atom stereocenters. The summed E-state index contributed by atoms with van der Waals surface area (Å²) in [6.07, 6.45) is 4.31. The average Bonchev–Trinajstić information content (AvgIpc) is 2.87. The molecule has 0 aliphatic heterocycles. The fourth-order valence-electron chi connectivity index (χ4n) is 2.18. The van der Waals surface area contributed by atoms with Gasteiger partial charge in [0, 0.05) is 35.7 Å². The van der Waals surface area contributed by atoms with E-state index in [9.17, 15) is 14.7 Å². The topological polar surface area (TPSA) is 82.2 Å². The first-order valence-corrected chi connectivity index (χ1v) is 8.07. The summed E-state index contributed by atoms with van der Waals surface area (Å²) in [5, 5.41) is 12.9. The third-order valence-corrected chi connectivity index (χ3v) is 3.88. The summed E-state index contributed by atoms with van der Waals surface area (Å²) in [6.45, 7) is 0. The Morgan fingerprint density at radius 1 is 1.38 bits per heavy atom. The molecule has 0 spiro atoms. The number of aromatic amines is 1. The van der Waals surface area contributed by atoms with E-state index in [1.54, 1.807) is 18.0 Å². The Kier molecular flexibility index (Phi) is 5.27. The average molecular weight is 306 g/mol. The van der Waals surface area contributed by atoms with Gasteiger partial charge in [0.05, 0.1) is 0 Å². The van der Waals surface area contributed by atoms with Crippen molar-refractivity contribution in [2.24, 2.45) is 0 Å². The number of benzene rings is 1. The number of rotatable bonds is 7. The first kappa shape index (κ1) is 15.4. The van der Waals surface area contributed by atoms with Gasteiger partial charge in [-0.3, -0.25) is 4.79 Å². The van der Waals surface area contributed by atoms with E-state index in [4.69, 9.17) is 0 Å². The maximum absolute atomic E-state index is 11.7. The van der Waals surface area contributed by atoms with Gasteiger partial charge < -0.3 is 15.4 Å². The van der Waals surface area contributed by atoms with Crippen LogP contribution in [-0.4, -0.2) is 40.0 Å². The Bertz CT molecular complexity index is 639. The van der Waals surface area contributed by atoms with Crippen LogP contribution >= 0.6 is 11.8 Å². The number of aromatic nitrogens is 1. The van der Waals surface area contributed by atoms with Crippen molar-refractivity contribution < 1.29 is 14.7 Å². The smallest absolute Gasteiger partial charge is 0.326 e. The van der Waals surface area contributed by atoms with Crippen molar-refractivity contribution in [3.05, 3.63) is 36.0 Å². The molecule has 2 aromatic rings. The molecule has 0 saturated heterocycles. The minimum atomic E-state index is -1.02. The molecular formula is C15H18N2O3S. The van der Waals surface area contributed by atoms with Crippen LogP contribution in [0.2, 0.25) is 0 Å². The van der Waals surface area contributed by atoms with Crippen LogP contribution in [0, 0.1) is 0 Å². The molecule has 0 saturated carbocycles. The van der Waals surface area contributed by atoms with Crippen LogP contribution in [0.15, 0.2) is 30.5 Å². The number of carbonyl (C=O) groups excluding carboxylic acids is 1. The molecule has 1 heterocycles. The fourth-order valence-corrected chi connectivity index (χ4v) is 2.57. The van der Waals surface area contributed by atoms with Gasteiger partial charge in [-0.05, 0) is 17.9 Å². The number of amides is 1. The fraction of sp³-hybridized carbons (Fsp3) is 0.333. The van der Waals surface area contributed by atoms with Crippen LogP contribution in [0.5, 0.6) is 0 Å². The highest BCUT2D eigenvalue weighted by Gasteiger charge is 2.21. The van der Waals surface area contributed by atoms with Crippen molar-refractivity contribution in [3.63, 3.8) is 0 Å². The third-order valence-electron chi connectivity index (χ3n) is 3.27. The number of carbonyl (C=O) groups is 2. The van der Waals surface area contributed by atoms with Crippen molar-refractivity contribution >= 4 is 34.5 Å². The monoisotopic (exact) mass is 306 g/mol. The van der Waals surface area contributed by atoms with Gasteiger partial charge in [-0.1, -0.05) is 18.2 Å². The van der Waals surface area contributed by atoms with E-state index >= 15 is 0 Å². The summed E-state index contributed by atoms with van der Waals surface area (Å²) >= 11 is 1.56. The highest BCUT2D eigenvalue weighted by molar-refractivity contribution is 7.98. The van der Waals surface area contributed by atoms with E-state index in [0.29, 0.717) is 12.2 Å². The minimum absolute atomic E-state index is 0.225. The van der Waals surface area contributed by atoms with Gasteiger partial charge in [0.1, 0.15) is 6.04 Å². The van der Waals surface area contributed by atoms with Crippen molar-refractivity contribution in [2.45, 2.75) is 18.9 Å². The van der Waals surface area contributed by atoms with Crippen LogP contribution in [0.3, 0.4) is 0 Å². The quantitative estimate of drug-likeness (QED) is 0.731. The molecule has 5 nitrogen and oxygen atoms in total.